The monoisotopic (exact) mass is 484 g/mol. The molecule has 0 heterocycles. The number of aldehydes is 1. The molecule has 0 radical (unpaired) electrons. The summed E-state index contributed by atoms with van der Waals surface area (Å²) in [4.78, 5) is 34.7. The third-order valence-corrected chi connectivity index (χ3v) is 3.45. The number of nitrogens with zero attached hydrogens (tertiary/aromatic N) is 1. The van der Waals surface area contributed by atoms with Crippen LogP contribution in [-0.2, 0) is 19.1 Å². The van der Waals surface area contributed by atoms with Crippen LogP contribution in [0.4, 0.5) is 0 Å². The lowest BCUT2D eigenvalue weighted by molar-refractivity contribution is -0.139. The summed E-state index contributed by atoms with van der Waals surface area (Å²) >= 11 is 0. The molecule has 33 heavy (non-hydrogen) atoms. The molecule has 2 aromatic rings. The van der Waals surface area contributed by atoms with Crippen molar-refractivity contribution in [2.75, 3.05) is 41.5 Å². The van der Waals surface area contributed by atoms with Crippen LogP contribution < -0.4 is 15.2 Å². The second-order valence-corrected chi connectivity index (χ2v) is 5.49. The highest BCUT2D eigenvalue weighted by Gasteiger charge is 1.95. The Kier molecular flexibility index (Phi) is 22.6. The third-order valence-electron chi connectivity index (χ3n) is 3.45. The molecule has 0 fully saturated rings. The molecule has 0 bridgehead atoms. The van der Waals surface area contributed by atoms with Crippen molar-refractivity contribution in [2.24, 2.45) is 10.7 Å². The van der Waals surface area contributed by atoms with Gasteiger partial charge in [0.15, 0.2) is 0 Å². The Balaban J connectivity index is -0.000000436. The van der Waals surface area contributed by atoms with Crippen LogP contribution in [0.3, 0.4) is 0 Å². The predicted octanol–water partition coefficient (Wildman–Crippen LogP) is 2.97. The molecular formula is C23H33ClN2O7. The molecule has 10 heteroatoms. The number of rotatable bonds is 7. The van der Waals surface area contributed by atoms with Gasteiger partial charge in [-0.25, -0.2) is 0 Å². The number of benzene rings is 2. The molecule has 2 aromatic carbocycles. The highest BCUT2D eigenvalue weighted by atomic mass is 35.5. The number of carbonyl (C=O) groups is 3. The van der Waals surface area contributed by atoms with Gasteiger partial charge in [0.05, 0.1) is 35.0 Å². The van der Waals surface area contributed by atoms with E-state index in [-0.39, 0.29) is 44.9 Å². The normalized spacial score (nSPS) is 8.76. The van der Waals surface area contributed by atoms with E-state index < -0.39 is 0 Å². The van der Waals surface area contributed by atoms with E-state index in [4.69, 9.17) is 15.2 Å². The van der Waals surface area contributed by atoms with Crippen LogP contribution in [0, 0.1) is 0 Å². The van der Waals surface area contributed by atoms with Gasteiger partial charge in [0.25, 0.3) is 0 Å². The Hall–Kier alpha value is -3.43. The van der Waals surface area contributed by atoms with Crippen LogP contribution in [0.5, 0.6) is 11.5 Å². The summed E-state index contributed by atoms with van der Waals surface area (Å²) in [6.07, 6.45) is 2.43. The van der Waals surface area contributed by atoms with Crippen molar-refractivity contribution in [2.45, 2.75) is 7.43 Å². The van der Waals surface area contributed by atoms with E-state index in [1.807, 2.05) is 24.3 Å². The number of halogens is 1. The lowest BCUT2D eigenvalue weighted by Gasteiger charge is -1.98. The highest BCUT2D eigenvalue weighted by Crippen LogP contribution is 2.10. The first-order valence-corrected chi connectivity index (χ1v) is 9.00. The van der Waals surface area contributed by atoms with Crippen molar-refractivity contribution >= 4 is 36.8 Å². The first kappa shape index (κ1) is 34.2. The maximum Gasteiger partial charge on any atom is 0.327 e. The van der Waals surface area contributed by atoms with Crippen molar-refractivity contribution in [1.29, 1.82) is 0 Å². The molecule has 184 valence electrons. The average molecular weight is 485 g/mol. The minimum Gasteiger partial charge on any atom is -0.497 e. The van der Waals surface area contributed by atoms with E-state index in [1.54, 1.807) is 44.7 Å². The zero-order valence-corrected chi connectivity index (χ0v) is 19.3. The Bertz CT molecular complexity index is 805. The average Bonchev–Trinajstić information content (AvgIpc) is 2.84. The number of nitrogens with two attached hydrogens (primary N) is 1. The quantitative estimate of drug-likeness (QED) is 0.361. The van der Waals surface area contributed by atoms with E-state index in [0.717, 1.165) is 23.3 Å². The van der Waals surface area contributed by atoms with Gasteiger partial charge in [-0.3, -0.25) is 19.4 Å². The van der Waals surface area contributed by atoms with Crippen LogP contribution in [0.15, 0.2) is 53.5 Å². The standard InChI is InChI=1S/C11H13NO3.C8H8O2.C3H7NO2.CH4.ClH/c1-14-10-5-3-9(4-6-10)7-12-8-11(13)15-2;1-10-8-4-2-7(6-9)3-5-8;1-6-3(5)2-4;;/h3-7H,8H2,1-2H3;2-6H,1H3;2,4H2,1H3;1H4;1H. The Morgan fingerprint density at radius 3 is 1.55 bits per heavy atom. The molecular weight excluding hydrogens is 452 g/mol. The second kappa shape index (κ2) is 21.8. The fraction of sp³-hybridized carbons (Fsp3) is 0.304. The van der Waals surface area contributed by atoms with Gasteiger partial charge in [-0.15, -0.1) is 12.4 Å². The fourth-order valence-electron chi connectivity index (χ4n) is 1.75. The van der Waals surface area contributed by atoms with Crippen LogP contribution in [-0.4, -0.2) is 66.0 Å². The topological polar surface area (TPSA) is 127 Å². The molecule has 0 saturated carbocycles. The summed E-state index contributed by atoms with van der Waals surface area (Å²) in [5, 5.41) is 0. The summed E-state index contributed by atoms with van der Waals surface area (Å²) in [5.41, 5.74) is 6.39. The number of ether oxygens (including phenoxy) is 4. The van der Waals surface area contributed by atoms with E-state index in [2.05, 4.69) is 14.5 Å². The van der Waals surface area contributed by atoms with E-state index >= 15 is 0 Å². The van der Waals surface area contributed by atoms with Crippen LogP contribution in [0.25, 0.3) is 0 Å². The molecule has 2 rings (SSSR count). The molecule has 0 aliphatic heterocycles. The van der Waals surface area contributed by atoms with Crippen molar-refractivity contribution < 1.29 is 33.3 Å². The number of esters is 2. The first-order valence-electron chi connectivity index (χ1n) is 9.00. The minimum absolute atomic E-state index is 0. The van der Waals surface area contributed by atoms with Gasteiger partial charge in [0.1, 0.15) is 24.3 Å². The summed E-state index contributed by atoms with van der Waals surface area (Å²) in [5.74, 6) is 0.834. The lowest BCUT2D eigenvalue weighted by Crippen LogP contribution is -2.14. The molecule has 0 aliphatic rings. The summed E-state index contributed by atoms with van der Waals surface area (Å²) in [6.45, 7) is 0.0129. The number of hydrogen-bond acceptors (Lipinski definition) is 9. The summed E-state index contributed by atoms with van der Waals surface area (Å²) in [6, 6.07) is 14.3. The van der Waals surface area contributed by atoms with Gasteiger partial charge < -0.3 is 24.7 Å². The number of hydrogen-bond donors (Lipinski definition) is 1. The van der Waals surface area contributed by atoms with Gasteiger partial charge in [0.2, 0.25) is 0 Å². The van der Waals surface area contributed by atoms with Crippen molar-refractivity contribution in [1.82, 2.24) is 0 Å². The molecule has 9 nitrogen and oxygen atoms in total. The molecule has 0 unspecified atom stereocenters. The van der Waals surface area contributed by atoms with Crippen molar-refractivity contribution in [3.63, 3.8) is 0 Å². The second-order valence-electron chi connectivity index (χ2n) is 5.49. The number of carbonyl (C=O) groups excluding carboxylic acids is 3. The van der Waals surface area contributed by atoms with Crippen LogP contribution in [0.1, 0.15) is 23.3 Å². The SMILES string of the molecule is C.COC(=O)CN.COC(=O)CN=Cc1ccc(OC)cc1.COc1ccc(C=O)cc1.Cl. The molecule has 0 aliphatic carbocycles. The van der Waals surface area contributed by atoms with E-state index in [9.17, 15) is 14.4 Å². The lowest BCUT2D eigenvalue weighted by atomic mass is 10.2. The molecule has 2 N–H and O–H groups in total. The highest BCUT2D eigenvalue weighted by molar-refractivity contribution is 5.85. The smallest absolute Gasteiger partial charge is 0.327 e. The van der Waals surface area contributed by atoms with Gasteiger partial charge >= 0.3 is 11.9 Å². The Labute approximate surface area is 201 Å². The van der Waals surface area contributed by atoms with Crippen molar-refractivity contribution in [3.8, 4) is 11.5 Å². The van der Waals surface area contributed by atoms with Crippen LogP contribution in [0.2, 0.25) is 0 Å². The van der Waals surface area contributed by atoms with Crippen molar-refractivity contribution in [3.05, 3.63) is 59.7 Å². The molecule has 0 aromatic heterocycles. The summed E-state index contributed by atoms with van der Waals surface area (Å²) < 4.78 is 18.5. The number of methoxy groups -OCH3 is 4. The third kappa shape index (κ3) is 16.9. The zero-order valence-electron chi connectivity index (χ0n) is 18.5. The molecule has 0 spiro atoms. The molecule has 0 saturated heterocycles. The van der Waals surface area contributed by atoms with Crippen LogP contribution >= 0.6 is 12.4 Å². The fourth-order valence-corrected chi connectivity index (χ4v) is 1.75. The molecule has 0 atom stereocenters. The minimum atomic E-state index is -0.380. The summed E-state index contributed by atoms with van der Waals surface area (Å²) in [7, 11) is 5.84. The van der Waals surface area contributed by atoms with Gasteiger partial charge in [-0.2, -0.15) is 0 Å². The zero-order chi connectivity index (χ0) is 23.5. The number of aliphatic imine (C=N–C) groups is 1. The van der Waals surface area contributed by atoms with Gasteiger partial charge in [-0.1, -0.05) is 7.43 Å². The predicted molar refractivity (Wildman–Crippen MR) is 131 cm³/mol. The van der Waals surface area contributed by atoms with E-state index in [0.29, 0.717) is 5.56 Å². The Morgan fingerprint density at radius 1 is 0.818 bits per heavy atom. The first-order chi connectivity index (χ1) is 14.9. The molecule has 0 amide bonds. The largest absolute Gasteiger partial charge is 0.497 e. The maximum absolute atomic E-state index is 10.7. The maximum atomic E-state index is 10.7. The Morgan fingerprint density at radius 2 is 1.24 bits per heavy atom. The van der Waals surface area contributed by atoms with E-state index in [1.165, 1.54) is 14.2 Å². The van der Waals surface area contributed by atoms with Gasteiger partial charge in [0, 0.05) is 11.8 Å². The van der Waals surface area contributed by atoms with Gasteiger partial charge in [-0.05, 0) is 54.1 Å².